The number of hydrogen-bond donors (Lipinski definition) is 0. The van der Waals surface area contributed by atoms with Crippen LogP contribution >= 0.6 is 0 Å². The van der Waals surface area contributed by atoms with E-state index in [4.69, 9.17) is 0 Å². The molecule has 1 aromatic rings. The van der Waals surface area contributed by atoms with Gasteiger partial charge in [0, 0.05) is 31.5 Å². The Hall–Kier alpha value is -2.20. The van der Waals surface area contributed by atoms with E-state index in [1.54, 1.807) is 0 Å². The highest BCUT2D eigenvalue weighted by molar-refractivity contribution is 6.01. The van der Waals surface area contributed by atoms with Crippen molar-refractivity contribution in [1.29, 1.82) is 0 Å². The standard InChI is InChI=1S/C26H34N2O2/c1-27(17-14-20-8-3-2-4-9-20)15-6-5-11-24(29)23-18-21-10-7-16-28-25(30)13-12-22(19-23)26(21)28/h3,8-9,18-19H,2,4-7,10-17H2,1H3. The van der Waals surface area contributed by atoms with E-state index < -0.39 is 0 Å². The van der Waals surface area contributed by atoms with E-state index in [0.29, 0.717) is 12.8 Å². The predicted molar refractivity (Wildman–Crippen MR) is 122 cm³/mol. The SMILES string of the molecule is CN(CCCCC(=O)c1cc2c3c(c1)CCC(=O)N3CCC2)CCC1=CCCC=C1. The largest absolute Gasteiger partial charge is 0.312 e. The fourth-order valence-corrected chi connectivity index (χ4v) is 4.91. The van der Waals surface area contributed by atoms with Crippen LogP contribution in [0.2, 0.25) is 0 Å². The molecule has 0 unspecified atom stereocenters. The molecule has 0 spiro atoms. The molecular weight excluding hydrogens is 372 g/mol. The molecular formula is C26H34N2O2. The molecule has 0 fully saturated rings. The minimum atomic E-state index is 0.238. The van der Waals surface area contributed by atoms with Gasteiger partial charge in [-0.25, -0.2) is 0 Å². The highest BCUT2D eigenvalue weighted by Crippen LogP contribution is 2.36. The van der Waals surface area contributed by atoms with Crippen molar-refractivity contribution in [3.63, 3.8) is 0 Å². The van der Waals surface area contributed by atoms with E-state index >= 15 is 0 Å². The maximum atomic E-state index is 12.8. The molecule has 0 saturated heterocycles. The van der Waals surface area contributed by atoms with Crippen LogP contribution in [-0.2, 0) is 17.6 Å². The number of aryl methyl sites for hydroxylation is 2. The fourth-order valence-electron chi connectivity index (χ4n) is 4.91. The van der Waals surface area contributed by atoms with Crippen molar-refractivity contribution in [3.05, 3.63) is 52.6 Å². The van der Waals surface area contributed by atoms with Gasteiger partial charge in [0.1, 0.15) is 0 Å². The summed E-state index contributed by atoms with van der Waals surface area (Å²) >= 11 is 0. The number of ketones is 1. The van der Waals surface area contributed by atoms with E-state index in [0.717, 1.165) is 69.4 Å². The second-order valence-electron chi connectivity index (χ2n) is 8.98. The van der Waals surface area contributed by atoms with Crippen molar-refractivity contribution in [3.8, 4) is 0 Å². The van der Waals surface area contributed by atoms with Crippen LogP contribution < -0.4 is 4.90 Å². The van der Waals surface area contributed by atoms with Crippen molar-refractivity contribution >= 4 is 17.4 Å². The zero-order valence-electron chi connectivity index (χ0n) is 18.3. The Kier molecular flexibility index (Phi) is 6.83. The molecule has 0 atom stereocenters. The maximum absolute atomic E-state index is 12.8. The van der Waals surface area contributed by atoms with Crippen molar-refractivity contribution < 1.29 is 9.59 Å². The van der Waals surface area contributed by atoms with E-state index in [-0.39, 0.29) is 11.7 Å². The van der Waals surface area contributed by atoms with E-state index in [1.807, 2.05) is 4.90 Å². The van der Waals surface area contributed by atoms with Crippen LogP contribution in [0.1, 0.15) is 72.9 Å². The second-order valence-corrected chi connectivity index (χ2v) is 8.98. The van der Waals surface area contributed by atoms with Gasteiger partial charge in [-0.3, -0.25) is 9.59 Å². The van der Waals surface area contributed by atoms with E-state index in [1.165, 1.54) is 29.5 Å². The minimum Gasteiger partial charge on any atom is -0.312 e. The number of amides is 1. The number of benzene rings is 1. The van der Waals surface area contributed by atoms with Crippen LogP contribution in [0.3, 0.4) is 0 Å². The molecule has 1 aromatic carbocycles. The number of carbonyl (C=O) groups is 2. The Balaban J connectivity index is 1.25. The first kappa shape index (κ1) is 21.0. The Morgan fingerprint density at radius 3 is 2.70 bits per heavy atom. The van der Waals surface area contributed by atoms with Gasteiger partial charge >= 0.3 is 0 Å². The molecule has 0 aromatic heterocycles. The van der Waals surface area contributed by atoms with Crippen LogP contribution in [0, 0.1) is 0 Å². The second kappa shape index (κ2) is 9.74. The quantitative estimate of drug-likeness (QED) is 0.434. The zero-order valence-corrected chi connectivity index (χ0v) is 18.3. The third-order valence-electron chi connectivity index (χ3n) is 6.64. The average molecular weight is 407 g/mol. The molecule has 1 aliphatic carbocycles. The van der Waals surface area contributed by atoms with Crippen LogP contribution in [0.5, 0.6) is 0 Å². The van der Waals surface area contributed by atoms with Crippen molar-refractivity contribution in [2.45, 2.75) is 64.2 Å². The molecule has 3 aliphatic rings. The fraction of sp³-hybridized carbons (Fsp3) is 0.538. The van der Waals surface area contributed by atoms with Crippen LogP contribution in [0.4, 0.5) is 5.69 Å². The van der Waals surface area contributed by atoms with E-state index in [2.05, 4.69) is 42.3 Å². The van der Waals surface area contributed by atoms with E-state index in [9.17, 15) is 9.59 Å². The van der Waals surface area contributed by atoms with Gasteiger partial charge in [0.2, 0.25) is 5.91 Å². The van der Waals surface area contributed by atoms with Gasteiger partial charge in [-0.05, 0) is 88.2 Å². The molecule has 1 amide bonds. The summed E-state index contributed by atoms with van der Waals surface area (Å²) in [4.78, 5) is 29.4. The van der Waals surface area contributed by atoms with Gasteiger partial charge in [0.25, 0.3) is 0 Å². The topological polar surface area (TPSA) is 40.6 Å². The highest BCUT2D eigenvalue weighted by Gasteiger charge is 2.30. The van der Waals surface area contributed by atoms with Gasteiger partial charge in [0.05, 0.1) is 5.69 Å². The molecule has 4 nitrogen and oxygen atoms in total. The summed E-state index contributed by atoms with van der Waals surface area (Å²) in [7, 11) is 2.18. The minimum absolute atomic E-state index is 0.238. The molecule has 30 heavy (non-hydrogen) atoms. The number of allylic oxidation sites excluding steroid dienone is 3. The Bertz CT molecular complexity index is 851. The van der Waals surface area contributed by atoms with Gasteiger partial charge in [0.15, 0.2) is 5.78 Å². The molecule has 2 heterocycles. The Labute approximate surface area is 180 Å². The van der Waals surface area contributed by atoms with Crippen molar-refractivity contribution in [2.75, 3.05) is 31.6 Å². The number of nitrogens with zero attached hydrogens (tertiary/aromatic N) is 2. The average Bonchev–Trinajstić information content (AvgIpc) is 2.78. The summed E-state index contributed by atoms with van der Waals surface area (Å²) in [5.41, 5.74) is 5.81. The van der Waals surface area contributed by atoms with Crippen molar-refractivity contribution in [2.24, 2.45) is 0 Å². The monoisotopic (exact) mass is 406 g/mol. The molecule has 160 valence electrons. The predicted octanol–water partition coefficient (Wildman–Crippen LogP) is 4.86. The number of hydrogen-bond acceptors (Lipinski definition) is 3. The lowest BCUT2D eigenvalue weighted by Crippen LogP contribution is -2.39. The summed E-state index contributed by atoms with van der Waals surface area (Å²) in [6.45, 7) is 2.94. The van der Waals surface area contributed by atoms with Crippen molar-refractivity contribution in [1.82, 2.24) is 4.90 Å². The first-order valence-electron chi connectivity index (χ1n) is 11.7. The molecule has 0 N–H and O–H groups in total. The number of anilines is 1. The van der Waals surface area contributed by atoms with Crippen LogP contribution in [-0.4, -0.2) is 43.3 Å². The van der Waals surface area contributed by atoms with Gasteiger partial charge in [-0.2, -0.15) is 0 Å². The molecule has 4 rings (SSSR count). The molecule has 0 saturated carbocycles. The number of Topliss-reactive ketones (excluding diaryl/α,β-unsaturated/α-hetero) is 1. The smallest absolute Gasteiger partial charge is 0.227 e. The molecule has 0 radical (unpaired) electrons. The number of unbranched alkanes of at least 4 members (excludes halogenated alkanes) is 1. The van der Waals surface area contributed by atoms with Gasteiger partial charge < -0.3 is 9.80 Å². The number of carbonyl (C=O) groups excluding carboxylic acids is 2. The first-order chi connectivity index (χ1) is 14.6. The van der Waals surface area contributed by atoms with Gasteiger partial charge in [-0.1, -0.05) is 23.8 Å². The lowest BCUT2D eigenvalue weighted by atomic mass is 9.88. The molecule has 0 bridgehead atoms. The first-order valence-corrected chi connectivity index (χ1v) is 11.7. The highest BCUT2D eigenvalue weighted by atomic mass is 16.2. The molecule has 4 heteroatoms. The summed E-state index contributed by atoms with van der Waals surface area (Å²) in [6, 6.07) is 4.12. The summed E-state index contributed by atoms with van der Waals surface area (Å²) in [5, 5.41) is 0. The van der Waals surface area contributed by atoms with Crippen LogP contribution in [0.25, 0.3) is 0 Å². The summed E-state index contributed by atoms with van der Waals surface area (Å²) in [5.74, 6) is 0.491. The maximum Gasteiger partial charge on any atom is 0.227 e. The number of rotatable bonds is 9. The van der Waals surface area contributed by atoms with Gasteiger partial charge in [-0.15, -0.1) is 0 Å². The third-order valence-corrected chi connectivity index (χ3v) is 6.64. The lowest BCUT2D eigenvalue weighted by molar-refractivity contribution is -0.119. The van der Waals surface area contributed by atoms with Crippen LogP contribution in [0.15, 0.2) is 35.9 Å². The summed E-state index contributed by atoms with van der Waals surface area (Å²) in [6.07, 6.45) is 16.3. The third kappa shape index (κ3) is 4.92. The lowest BCUT2D eigenvalue weighted by Gasteiger charge is -2.35. The molecule has 2 aliphatic heterocycles. The Morgan fingerprint density at radius 1 is 1.07 bits per heavy atom. The zero-order chi connectivity index (χ0) is 20.9. The summed E-state index contributed by atoms with van der Waals surface area (Å²) < 4.78 is 0. The Morgan fingerprint density at radius 2 is 1.90 bits per heavy atom. The normalized spacial score (nSPS) is 17.9.